The highest BCUT2D eigenvalue weighted by atomic mass is 19.1. The number of nitrogens with zero attached hydrogens (tertiary/aromatic N) is 2. The van der Waals surface area contributed by atoms with Crippen LogP contribution in [0.2, 0.25) is 0 Å². The molecule has 0 saturated heterocycles. The maximum Gasteiger partial charge on any atom is 0.407 e. The summed E-state index contributed by atoms with van der Waals surface area (Å²) in [4.78, 5) is 15.7. The number of hydrogen-bond acceptors (Lipinski definition) is 6. The quantitative estimate of drug-likeness (QED) is 0.377. The van der Waals surface area contributed by atoms with E-state index < -0.39 is 17.5 Å². The highest BCUT2D eigenvalue weighted by Gasteiger charge is 2.33. The van der Waals surface area contributed by atoms with E-state index in [1.807, 2.05) is 63.2 Å². The zero-order valence-corrected chi connectivity index (χ0v) is 22.2. The second kappa shape index (κ2) is 10.7. The van der Waals surface area contributed by atoms with Crippen molar-refractivity contribution in [2.24, 2.45) is 0 Å². The Bertz CT molecular complexity index is 1320. The molecule has 0 unspecified atom stereocenters. The first kappa shape index (κ1) is 26.9. The molecule has 1 heterocycles. The number of amides is 1. The van der Waals surface area contributed by atoms with E-state index in [4.69, 9.17) is 14.2 Å². The average Bonchev–Trinajstić information content (AvgIpc) is 2.82. The van der Waals surface area contributed by atoms with Crippen molar-refractivity contribution in [1.29, 1.82) is 5.26 Å². The summed E-state index contributed by atoms with van der Waals surface area (Å²) in [6, 6.07) is 18.6. The number of halogens is 1. The Kier molecular flexibility index (Phi) is 7.58. The lowest BCUT2D eigenvalue weighted by Gasteiger charge is -2.36. The van der Waals surface area contributed by atoms with Gasteiger partial charge in [-0.05, 0) is 56.2 Å². The molecule has 0 atom stereocenters. The third-order valence-corrected chi connectivity index (χ3v) is 6.42. The van der Waals surface area contributed by atoms with Crippen LogP contribution in [0.5, 0.6) is 17.2 Å². The van der Waals surface area contributed by atoms with Crippen molar-refractivity contribution in [3.8, 4) is 23.3 Å². The van der Waals surface area contributed by atoms with Crippen LogP contribution in [0.3, 0.4) is 0 Å². The van der Waals surface area contributed by atoms with E-state index in [0.717, 1.165) is 42.0 Å². The molecule has 2 aromatic carbocycles. The second-order valence-electron chi connectivity index (χ2n) is 10.9. The van der Waals surface area contributed by atoms with Gasteiger partial charge in [0.15, 0.2) is 11.4 Å². The number of carbonyl (C=O) groups excluding carboxylic acids is 1. The molecular weight excluding hydrogens is 485 g/mol. The van der Waals surface area contributed by atoms with Gasteiger partial charge in [0.25, 0.3) is 0 Å². The molecule has 0 bridgehead atoms. The molecule has 1 aliphatic carbocycles. The van der Waals surface area contributed by atoms with Gasteiger partial charge < -0.3 is 19.5 Å². The van der Waals surface area contributed by atoms with Gasteiger partial charge in [-0.25, -0.2) is 14.2 Å². The summed E-state index contributed by atoms with van der Waals surface area (Å²) in [6.07, 6.45) is 2.12. The van der Waals surface area contributed by atoms with Crippen LogP contribution in [0.1, 0.15) is 64.3 Å². The number of pyridine rings is 1. The van der Waals surface area contributed by atoms with E-state index in [9.17, 15) is 14.4 Å². The van der Waals surface area contributed by atoms with Gasteiger partial charge >= 0.3 is 6.09 Å². The van der Waals surface area contributed by atoms with Crippen LogP contribution in [0.4, 0.5) is 9.18 Å². The number of benzene rings is 2. The Labute approximate surface area is 222 Å². The molecule has 1 N–H and O–H groups in total. The van der Waals surface area contributed by atoms with Crippen LogP contribution in [-0.2, 0) is 10.2 Å². The predicted octanol–water partition coefficient (Wildman–Crippen LogP) is 6.65. The van der Waals surface area contributed by atoms with Crippen LogP contribution in [-0.4, -0.2) is 28.8 Å². The van der Waals surface area contributed by atoms with Gasteiger partial charge in [-0.1, -0.05) is 38.1 Å². The Hall–Kier alpha value is -4.12. The zero-order valence-electron chi connectivity index (χ0n) is 22.2. The largest absolute Gasteiger partial charge is 0.490 e. The molecule has 0 spiro atoms. The first-order valence-corrected chi connectivity index (χ1v) is 12.5. The van der Waals surface area contributed by atoms with E-state index in [1.165, 1.54) is 0 Å². The molecule has 3 aromatic rings. The van der Waals surface area contributed by atoms with Gasteiger partial charge in [-0.2, -0.15) is 5.26 Å². The Balaban J connectivity index is 1.33. The van der Waals surface area contributed by atoms with E-state index in [2.05, 4.69) is 24.1 Å². The molecule has 7 nitrogen and oxygen atoms in total. The van der Waals surface area contributed by atoms with Gasteiger partial charge in [0.05, 0.1) is 6.20 Å². The van der Waals surface area contributed by atoms with Gasteiger partial charge in [0.2, 0.25) is 0 Å². The monoisotopic (exact) mass is 517 g/mol. The molecule has 0 radical (unpaired) electrons. The fourth-order valence-corrected chi connectivity index (χ4v) is 4.21. The first-order valence-electron chi connectivity index (χ1n) is 12.5. The summed E-state index contributed by atoms with van der Waals surface area (Å²) >= 11 is 0. The van der Waals surface area contributed by atoms with Crippen molar-refractivity contribution in [1.82, 2.24) is 10.3 Å². The van der Waals surface area contributed by atoms with Crippen LogP contribution >= 0.6 is 0 Å². The number of hydrogen-bond donors (Lipinski definition) is 1. The summed E-state index contributed by atoms with van der Waals surface area (Å²) in [6.45, 7) is 9.77. The van der Waals surface area contributed by atoms with Crippen molar-refractivity contribution in [3.63, 3.8) is 0 Å². The standard InChI is InChI=1S/C30H32FN3O4/c1-29(2,3)38-28(35)34-22-15-25(16-22)36-23-10-6-19(7-11-23)30(4,5)20-8-12-24(13-9-20)37-27-14-21(31)18-33-26(27)17-32/h6-14,18,22,25H,15-16H2,1-5H3,(H,34,35)/t22-,25-. The number of carbonyl (C=O) groups is 1. The number of nitrogens with one attached hydrogen (secondary N) is 1. The van der Waals surface area contributed by atoms with E-state index >= 15 is 0 Å². The van der Waals surface area contributed by atoms with E-state index in [-0.39, 0.29) is 29.0 Å². The molecule has 8 heteroatoms. The molecule has 1 fully saturated rings. The van der Waals surface area contributed by atoms with Crippen LogP contribution in [0.25, 0.3) is 0 Å². The van der Waals surface area contributed by atoms with Gasteiger partial charge in [0, 0.05) is 30.4 Å². The third kappa shape index (κ3) is 6.60. The SMILES string of the molecule is CC(C)(C)OC(=O)N[C@H]1C[C@H](Oc2ccc(C(C)(C)c3ccc(Oc4cc(F)cnc4C#N)cc3)cc2)C1. The van der Waals surface area contributed by atoms with Crippen LogP contribution in [0.15, 0.2) is 60.8 Å². The van der Waals surface area contributed by atoms with Crippen LogP contribution < -0.4 is 14.8 Å². The normalized spacial score (nSPS) is 17.1. The molecule has 1 aromatic heterocycles. The second-order valence-corrected chi connectivity index (χ2v) is 10.9. The molecule has 198 valence electrons. The fourth-order valence-electron chi connectivity index (χ4n) is 4.21. The average molecular weight is 518 g/mol. The highest BCUT2D eigenvalue weighted by Crippen LogP contribution is 2.35. The zero-order chi connectivity index (χ0) is 27.5. The Morgan fingerprint density at radius 1 is 1.00 bits per heavy atom. The van der Waals surface area contributed by atoms with Gasteiger partial charge in [0.1, 0.15) is 35.1 Å². The number of alkyl carbamates (subject to hydrolysis) is 1. The number of aromatic nitrogens is 1. The summed E-state index contributed by atoms with van der Waals surface area (Å²) in [5.74, 6) is 0.774. The topological polar surface area (TPSA) is 93.5 Å². The highest BCUT2D eigenvalue weighted by molar-refractivity contribution is 5.68. The van der Waals surface area contributed by atoms with Crippen molar-refractivity contribution < 1.29 is 23.4 Å². The number of ether oxygens (including phenoxy) is 3. The molecule has 38 heavy (non-hydrogen) atoms. The molecule has 1 aliphatic rings. The molecular formula is C30H32FN3O4. The number of rotatable bonds is 7. The van der Waals surface area contributed by atoms with Gasteiger partial charge in [-0.15, -0.1) is 0 Å². The van der Waals surface area contributed by atoms with E-state index in [0.29, 0.717) is 5.75 Å². The maximum atomic E-state index is 13.5. The van der Waals surface area contributed by atoms with Crippen molar-refractivity contribution in [2.45, 2.75) is 70.6 Å². The smallest absolute Gasteiger partial charge is 0.407 e. The lowest BCUT2D eigenvalue weighted by atomic mass is 9.78. The molecule has 1 amide bonds. The van der Waals surface area contributed by atoms with Crippen molar-refractivity contribution >= 4 is 6.09 Å². The lowest BCUT2D eigenvalue weighted by Crippen LogP contribution is -2.50. The minimum absolute atomic E-state index is 0.0230. The summed E-state index contributed by atoms with van der Waals surface area (Å²) in [7, 11) is 0. The Morgan fingerprint density at radius 3 is 2.13 bits per heavy atom. The molecule has 0 aliphatic heterocycles. The first-order chi connectivity index (χ1) is 17.9. The fraction of sp³-hybridized carbons (Fsp3) is 0.367. The minimum atomic E-state index is -0.571. The third-order valence-electron chi connectivity index (χ3n) is 6.42. The van der Waals surface area contributed by atoms with E-state index in [1.54, 1.807) is 12.1 Å². The Morgan fingerprint density at radius 2 is 1.58 bits per heavy atom. The molecule has 4 rings (SSSR count). The minimum Gasteiger partial charge on any atom is -0.490 e. The predicted molar refractivity (Wildman–Crippen MR) is 141 cm³/mol. The lowest BCUT2D eigenvalue weighted by molar-refractivity contribution is 0.0363. The van der Waals surface area contributed by atoms with Gasteiger partial charge in [-0.3, -0.25) is 0 Å². The molecule has 1 saturated carbocycles. The van der Waals surface area contributed by atoms with Crippen molar-refractivity contribution in [3.05, 3.63) is 83.4 Å². The van der Waals surface area contributed by atoms with Crippen LogP contribution in [0, 0.1) is 17.1 Å². The summed E-state index contributed by atoms with van der Waals surface area (Å²) in [5.41, 5.74) is 1.38. The summed E-state index contributed by atoms with van der Waals surface area (Å²) in [5, 5.41) is 12.1. The number of nitriles is 1. The summed E-state index contributed by atoms with van der Waals surface area (Å²) < 4.78 is 30.6. The van der Waals surface area contributed by atoms with Crippen molar-refractivity contribution in [2.75, 3.05) is 0 Å². The maximum absolute atomic E-state index is 13.5.